The van der Waals surface area contributed by atoms with Gasteiger partial charge in [-0.1, -0.05) is 30.3 Å². The second-order valence-electron chi connectivity index (χ2n) is 5.79. The van der Waals surface area contributed by atoms with Crippen molar-refractivity contribution in [2.75, 3.05) is 19.0 Å². The van der Waals surface area contributed by atoms with Crippen LogP contribution in [0, 0.1) is 0 Å². The van der Waals surface area contributed by atoms with Gasteiger partial charge in [0.15, 0.2) is 0 Å². The SMILES string of the molecule is COc1cccc([C@H](O)CNC(=O)c2cnc(Nc3ccccc3)nc2)c1. The molecule has 0 saturated heterocycles. The van der Waals surface area contributed by atoms with Crippen molar-refractivity contribution in [3.63, 3.8) is 0 Å². The zero-order valence-electron chi connectivity index (χ0n) is 14.8. The fourth-order valence-corrected chi connectivity index (χ4v) is 2.42. The van der Waals surface area contributed by atoms with Gasteiger partial charge < -0.3 is 20.5 Å². The summed E-state index contributed by atoms with van der Waals surface area (Å²) < 4.78 is 5.13. The molecule has 1 amide bonds. The normalized spacial score (nSPS) is 11.5. The topological polar surface area (TPSA) is 96.4 Å². The third kappa shape index (κ3) is 5.02. The number of nitrogens with zero attached hydrogens (tertiary/aromatic N) is 2. The molecule has 0 radical (unpaired) electrons. The highest BCUT2D eigenvalue weighted by molar-refractivity contribution is 5.93. The molecule has 7 heteroatoms. The molecule has 1 aromatic heterocycles. The number of ether oxygens (including phenoxy) is 1. The quantitative estimate of drug-likeness (QED) is 0.596. The highest BCUT2D eigenvalue weighted by atomic mass is 16.5. The minimum absolute atomic E-state index is 0.0655. The van der Waals surface area contributed by atoms with Gasteiger partial charge in [0.2, 0.25) is 5.95 Å². The maximum absolute atomic E-state index is 12.2. The Morgan fingerprint density at radius 2 is 1.85 bits per heavy atom. The minimum Gasteiger partial charge on any atom is -0.497 e. The van der Waals surface area contributed by atoms with E-state index in [1.165, 1.54) is 12.4 Å². The highest BCUT2D eigenvalue weighted by Gasteiger charge is 2.12. The number of hydrogen-bond acceptors (Lipinski definition) is 6. The number of aliphatic hydroxyl groups excluding tert-OH is 1. The number of amides is 1. The summed E-state index contributed by atoms with van der Waals surface area (Å²) in [5.74, 6) is 0.685. The molecule has 0 aliphatic heterocycles. The van der Waals surface area contributed by atoms with Crippen LogP contribution in [0.2, 0.25) is 0 Å². The molecule has 0 aliphatic carbocycles. The molecule has 1 heterocycles. The van der Waals surface area contributed by atoms with E-state index in [0.717, 1.165) is 5.69 Å². The Morgan fingerprint density at radius 3 is 2.56 bits per heavy atom. The number of nitrogens with one attached hydrogen (secondary N) is 2. The van der Waals surface area contributed by atoms with E-state index in [9.17, 15) is 9.90 Å². The molecule has 0 unspecified atom stereocenters. The summed E-state index contributed by atoms with van der Waals surface area (Å²) in [5, 5.41) is 16.0. The molecule has 3 rings (SSSR count). The first-order chi connectivity index (χ1) is 13.2. The van der Waals surface area contributed by atoms with Crippen molar-refractivity contribution in [2.24, 2.45) is 0 Å². The number of rotatable bonds is 7. The molecule has 0 spiro atoms. The van der Waals surface area contributed by atoms with Crippen LogP contribution in [0.25, 0.3) is 0 Å². The smallest absolute Gasteiger partial charge is 0.254 e. The fourth-order valence-electron chi connectivity index (χ4n) is 2.42. The lowest BCUT2D eigenvalue weighted by Crippen LogP contribution is -2.28. The van der Waals surface area contributed by atoms with Gasteiger partial charge in [-0.25, -0.2) is 9.97 Å². The molecule has 0 fully saturated rings. The number of carbonyl (C=O) groups excluding carboxylic acids is 1. The summed E-state index contributed by atoms with van der Waals surface area (Å²) in [5.41, 5.74) is 1.83. The zero-order valence-corrected chi connectivity index (χ0v) is 14.8. The summed E-state index contributed by atoms with van der Waals surface area (Å²) >= 11 is 0. The van der Waals surface area contributed by atoms with Crippen molar-refractivity contribution in [1.29, 1.82) is 0 Å². The number of hydrogen-bond donors (Lipinski definition) is 3. The van der Waals surface area contributed by atoms with Crippen molar-refractivity contribution in [3.05, 3.63) is 78.1 Å². The standard InChI is InChI=1S/C20H20N4O3/c1-27-17-9-5-6-14(10-17)18(25)13-21-19(26)15-11-22-20(23-12-15)24-16-7-3-2-4-8-16/h2-12,18,25H,13H2,1H3,(H,21,26)(H,22,23,24)/t18-/m1/s1. The molecule has 0 aliphatic rings. The lowest BCUT2D eigenvalue weighted by molar-refractivity contribution is 0.0915. The zero-order chi connectivity index (χ0) is 19.1. The van der Waals surface area contributed by atoms with Gasteiger partial charge in [-0.2, -0.15) is 0 Å². The van der Waals surface area contributed by atoms with Gasteiger partial charge in [-0.3, -0.25) is 4.79 Å². The number of methoxy groups -OCH3 is 1. The van der Waals surface area contributed by atoms with E-state index in [2.05, 4.69) is 20.6 Å². The Balaban J connectivity index is 1.56. The van der Waals surface area contributed by atoms with Gasteiger partial charge in [0, 0.05) is 24.6 Å². The predicted molar refractivity (Wildman–Crippen MR) is 102 cm³/mol. The van der Waals surface area contributed by atoms with Crippen LogP contribution >= 0.6 is 0 Å². The van der Waals surface area contributed by atoms with Crippen LogP contribution in [0.4, 0.5) is 11.6 Å². The molecule has 0 saturated carbocycles. The van der Waals surface area contributed by atoms with Crippen molar-refractivity contribution >= 4 is 17.5 Å². The maximum atomic E-state index is 12.2. The first-order valence-corrected chi connectivity index (χ1v) is 8.40. The summed E-state index contributed by atoms with van der Waals surface area (Å²) in [6.07, 6.45) is 2.03. The second kappa shape index (κ2) is 8.77. The van der Waals surface area contributed by atoms with Gasteiger partial charge in [0.25, 0.3) is 5.91 Å². The average molecular weight is 364 g/mol. The van der Waals surface area contributed by atoms with E-state index in [1.54, 1.807) is 31.4 Å². The van der Waals surface area contributed by atoms with Gasteiger partial charge in [-0.05, 0) is 29.8 Å². The predicted octanol–water partition coefficient (Wildman–Crippen LogP) is 2.69. The Bertz CT molecular complexity index is 885. The van der Waals surface area contributed by atoms with E-state index in [4.69, 9.17) is 4.74 Å². The second-order valence-corrected chi connectivity index (χ2v) is 5.79. The third-order valence-electron chi connectivity index (χ3n) is 3.88. The summed E-state index contributed by atoms with van der Waals surface area (Å²) in [6, 6.07) is 16.6. The van der Waals surface area contributed by atoms with E-state index in [-0.39, 0.29) is 12.5 Å². The molecule has 27 heavy (non-hydrogen) atoms. The fraction of sp³-hybridized carbons (Fsp3) is 0.150. The van der Waals surface area contributed by atoms with E-state index >= 15 is 0 Å². The number of para-hydroxylation sites is 1. The van der Waals surface area contributed by atoms with Crippen LogP contribution in [-0.2, 0) is 0 Å². The van der Waals surface area contributed by atoms with Crippen LogP contribution in [0.15, 0.2) is 67.0 Å². The molecule has 1 atom stereocenters. The highest BCUT2D eigenvalue weighted by Crippen LogP contribution is 2.18. The van der Waals surface area contributed by atoms with Crippen LogP contribution in [0.5, 0.6) is 5.75 Å². The molecular weight excluding hydrogens is 344 g/mol. The Morgan fingerprint density at radius 1 is 1.11 bits per heavy atom. The molecule has 138 valence electrons. The molecule has 3 N–H and O–H groups in total. The van der Waals surface area contributed by atoms with Crippen LogP contribution < -0.4 is 15.4 Å². The monoisotopic (exact) mass is 364 g/mol. The molecule has 7 nitrogen and oxygen atoms in total. The molecular formula is C20H20N4O3. The largest absolute Gasteiger partial charge is 0.497 e. The maximum Gasteiger partial charge on any atom is 0.254 e. The van der Waals surface area contributed by atoms with Gasteiger partial charge >= 0.3 is 0 Å². The molecule has 3 aromatic rings. The van der Waals surface area contributed by atoms with E-state index < -0.39 is 6.10 Å². The van der Waals surface area contributed by atoms with Crippen molar-refractivity contribution in [3.8, 4) is 5.75 Å². The lowest BCUT2D eigenvalue weighted by atomic mass is 10.1. The molecule has 2 aromatic carbocycles. The Kier molecular flexibility index (Phi) is 5.96. The lowest BCUT2D eigenvalue weighted by Gasteiger charge is -2.13. The summed E-state index contributed by atoms with van der Waals surface area (Å²) in [4.78, 5) is 20.5. The van der Waals surface area contributed by atoms with Crippen molar-refractivity contribution in [1.82, 2.24) is 15.3 Å². The minimum atomic E-state index is -0.844. The summed E-state index contributed by atoms with van der Waals surface area (Å²) in [6.45, 7) is 0.0655. The number of aromatic nitrogens is 2. The van der Waals surface area contributed by atoms with Crippen LogP contribution in [0.1, 0.15) is 22.0 Å². The van der Waals surface area contributed by atoms with Crippen molar-refractivity contribution in [2.45, 2.75) is 6.10 Å². The Hall–Kier alpha value is -3.45. The van der Waals surface area contributed by atoms with Gasteiger partial charge in [0.05, 0.1) is 18.8 Å². The summed E-state index contributed by atoms with van der Waals surface area (Å²) in [7, 11) is 1.56. The first kappa shape index (κ1) is 18.3. The van der Waals surface area contributed by atoms with Crippen molar-refractivity contribution < 1.29 is 14.6 Å². The Labute approximate surface area is 157 Å². The van der Waals surface area contributed by atoms with E-state index in [1.807, 2.05) is 30.3 Å². The van der Waals surface area contributed by atoms with Gasteiger partial charge in [-0.15, -0.1) is 0 Å². The molecule has 0 bridgehead atoms. The average Bonchev–Trinajstić information content (AvgIpc) is 2.73. The number of aliphatic hydroxyl groups is 1. The number of benzene rings is 2. The van der Waals surface area contributed by atoms with E-state index in [0.29, 0.717) is 22.8 Å². The van der Waals surface area contributed by atoms with Crippen LogP contribution in [-0.4, -0.2) is 34.6 Å². The van der Waals surface area contributed by atoms with Gasteiger partial charge in [0.1, 0.15) is 5.75 Å². The number of anilines is 2. The first-order valence-electron chi connectivity index (χ1n) is 8.40. The number of carbonyl (C=O) groups is 1. The third-order valence-corrected chi connectivity index (χ3v) is 3.88. The van der Waals surface area contributed by atoms with Crippen LogP contribution in [0.3, 0.4) is 0 Å².